The smallest absolute Gasteiger partial charge is 0.105 e. The van der Waals surface area contributed by atoms with Gasteiger partial charge in [0, 0.05) is 19.0 Å². The lowest BCUT2D eigenvalue weighted by molar-refractivity contribution is 0.130. The van der Waals surface area contributed by atoms with Crippen LogP contribution in [-0.2, 0) is 6.42 Å². The third-order valence-corrected chi connectivity index (χ3v) is 3.43. The zero-order valence-corrected chi connectivity index (χ0v) is 9.86. The van der Waals surface area contributed by atoms with Crippen molar-refractivity contribution >= 4 is 0 Å². The van der Waals surface area contributed by atoms with E-state index < -0.39 is 0 Å². The summed E-state index contributed by atoms with van der Waals surface area (Å²) in [6, 6.07) is 4.32. The van der Waals surface area contributed by atoms with E-state index in [-0.39, 0.29) is 6.10 Å². The second kappa shape index (κ2) is 5.51. The Morgan fingerprint density at radius 1 is 1.56 bits per heavy atom. The summed E-state index contributed by atoms with van der Waals surface area (Å²) in [5, 5.41) is 13.2. The number of hydrogen-bond acceptors (Lipinski definition) is 3. The minimum Gasteiger partial charge on any atom is -0.469 e. The van der Waals surface area contributed by atoms with Crippen molar-refractivity contribution in [3.8, 4) is 0 Å². The van der Waals surface area contributed by atoms with Gasteiger partial charge in [-0.25, -0.2) is 0 Å². The molecule has 1 aromatic rings. The van der Waals surface area contributed by atoms with E-state index in [4.69, 9.17) is 4.42 Å². The Kier molecular flexibility index (Phi) is 4.02. The van der Waals surface area contributed by atoms with Crippen LogP contribution in [0.5, 0.6) is 0 Å². The highest BCUT2D eigenvalue weighted by Crippen LogP contribution is 2.24. The van der Waals surface area contributed by atoms with Crippen LogP contribution in [0.2, 0.25) is 0 Å². The first-order chi connectivity index (χ1) is 7.75. The van der Waals surface area contributed by atoms with Gasteiger partial charge in [0.15, 0.2) is 0 Å². The summed E-state index contributed by atoms with van der Waals surface area (Å²) < 4.78 is 5.31. The molecule has 3 heteroatoms. The first-order valence-electron chi connectivity index (χ1n) is 6.19. The van der Waals surface area contributed by atoms with Gasteiger partial charge >= 0.3 is 0 Å². The molecule has 3 unspecified atom stereocenters. The number of hydrogen-bond donors (Lipinski definition) is 2. The van der Waals surface area contributed by atoms with Crippen LogP contribution in [0.15, 0.2) is 22.8 Å². The van der Waals surface area contributed by atoms with Crippen molar-refractivity contribution in [1.82, 2.24) is 5.32 Å². The van der Waals surface area contributed by atoms with Crippen LogP contribution >= 0.6 is 0 Å². The molecule has 1 aliphatic carbocycles. The molecule has 3 atom stereocenters. The van der Waals surface area contributed by atoms with Crippen LogP contribution < -0.4 is 5.32 Å². The molecule has 1 fully saturated rings. The van der Waals surface area contributed by atoms with E-state index in [1.165, 1.54) is 6.42 Å². The zero-order valence-electron chi connectivity index (χ0n) is 9.86. The maximum absolute atomic E-state index is 9.70. The van der Waals surface area contributed by atoms with Crippen LogP contribution in [0.4, 0.5) is 0 Å². The number of furan rings is 1. The molecule has 0 radical (unpaired) electrons. The number of aliphatic hydroxyl groups excluding tert-OH is 1. The van der Waals surface area contributed by atoms with Crippen molar-refractivity contribution < 1.29 is 9.52 Å². The molecule has 1 heterocycles. The van der Waals surface area contributed by atoms with E-state index in [1.807, 2.05) is 12.1 Å². The molecule has 0 aliphatic heterocycles. The average Bonchev–Trinajstić information content (AvgIpc) is 2.87. The molecular formula is C13H21NO2. The molecule has 3 nitrogen and oxygen atoms in total. The zero-order chi connectivity index (χ0) is 11.4. The molecule has 90 valence electrons. The van der Waals surface area contributed by atoms with Gasteiger partial charge in [-0.2, -0.15) is 0 Å². The van der Waals surface area contributed by atoms with Crippen LogP contribution in [0.25, 0.3) is 0 Å². The maximum Gasteiger partial charge on any atom is 0.105 e. The highest BCUT2D eigenvalue weighted by atomic mass is 16.3. The molecule has 1 saturated carbocycles. The Morgan fingerprint density at radius 3 is 3.06 bits per heavy atom. The SMILES string of the molecule is CC(Cc1ccco1)NCC1CCCC1O. The summed E-state index contributed by atoms with van der Waals surface area (Å²) in [5.41, 5.74) is 0. The molecule has 2 N–H and O–H groups in total. The first-order valence-corrected chi connectivity index (χ1v) is 6.19. The fourth-order valence-corrected chi connectivity index (χ4v) is 2.41. The van der Waals surface area contributed by atoms with Gasteiger partial charge in [-0.05, 0) is 37.8 Å². The predicted molar refractivity (Wildman–Crippen MR) is 63.2 cm³/mol. The van der Waals surface area contributed by atoms with Gasteiger partial charge in [-0.1, -0.05) is 6.42 Å². The van der Waals surface area contributed by atoms with E-state index in [9.17, 15) is 5.11 Å². The van der Waals surface area contributed by atoms with Crippen molar-refractivity contribution in [3.63, 3.8) is 0 Å². The Balaban J connectivity index is 1.69. The number of aliphatic hydroxyl groups is 1. The van der Waals surface area contributed by atoms with E-state index in [0.29, 0.717) is 12.0 Å². The fourth-order valence-electron chi connectivity index (χ4n) is 2.41. The lowest BCUT2D eigenvalue weighted by Crippen LogP contribution is -2.35. The van der Waals surface area contributed by atoms with Crippen LogP contribution in [0.1, 0.15) is 31.9 Å². The van der Waals surface area contributed by atoms with Gasteiger partial charge in [0.1, 0.15) is 5.76 Å². The minimum atomic E-state index is -0.0942. The van der Waals surface area contributed by atoms with Crippen LogP contribution in [0, 0.1) is 5.92 Å². The first kappa shape index (κ1) is 11.7. The van der Waals surface area contributed by atoms with E-state index in [0.717, 1.165) is 31.6 Å². The largest absolute Gasteiger partial charge is 0.469 e. The summed E-state index contributed by atoms with van der Waals surface area (Å²) in [6.45, 7) is 3.08. The molecule has 0 bridgehead atoms. The van der Waals surface area contributed by atoms with Crippen molar-refractivity contribution in [3.05, 3.63) is 24.2 Å². The Hall–Kier alpha value is -0.800. The van der Waals surface area contributed by atoms with E-state index in [2.05, 4.69) is 12.2 Å². The lowest BCUT2D eigenvalue weighted by Gasteiger charge is -2.18. The van der Waals surface area contributed by atoms with Gasteiger partial charge in [0.2, 0.25) is 0 Å². The third-order valence-electron chi connectivity index (χ3n) is 3.43. The summed E-state index contributed by atoms with van der Waals surface area (Å²) in [6.07, 6.45) is 5.82. The Labute approximate surface area is 96.8 Å². The number of rotatable bonds is 5. The summed E-state index contributed by atoms with van der Waals surface area (Å²) in [5.74, 6) is 1.46. The van der Waals surface area contributed by atoms with E-state index >= 15 is 0 Å². The Morgan fingerprint density at radius 2 is 2.44 bits per heavy atom. The summed E-state index contributed by atoms with van der Waals surface area (Å²) >= 11 is 0. The molecule has 0 saturated heterocycles. The lowest BCUT2D eigenvalue weighted by atomic mass is 10.1. The molecule has 0 spiro atoms. The molecule has 1 aromatic heterocycles. The second-order valence-corrected chi connectivity index (χ2v) is 4.85. The second-order valence-electron chi connectivity index (χ2n) is 4.85. The monoisotopic (exact) mass is 223 g/mol. The molecule has 0 amide bonds. The van der Waals surface area contributed by atoms with Gasteiger partial charge < -0.3 is 14.8 Å². The van der Waals surface area contributed by atoms with E-state index in [1.54, 1.807) is 6.26 Å². The summed E-state index contributed by atoms with van der Waals surface area (Å²) in [4.78, 5) is 0. The molecular weight excluding hydrogens is 202 g/mol. The summed E-state index contributed by atoms with van der Waals surface area (Å²) in [7, 11) is 0. The Bertz CT molecular complexity index is 297. The van der Waals surface area contributed by atoms with Crippen molar-refractivity contribution in [2.75, 3.05) is 6.54 Å². The fraction of sp³-hybridized carbons (Fsp3) is 0.692. The highest BCUT2D eigenvalue weighted by Gasteiger charge is 2.25. The van der Waals surface area contributed by atoms with Gasteiger partial charge in [-0.3, -0.25) is 0 Å². The van der Waals surface area contributed by atoms with Crippen molar-refractivity contribution in [2.45, 2.75) is 44.8 Å². The standard InChI is InChI=1S/C13H21NO2/c1-10(8-12-5-3-7-16-12)14-9-11-4-2-6-13(11)15/h3,5,7,10-11,13-15H,2,4,6,8-9H2,1H3. The predicted octanol–water partition coefficient (Wildman–Crippen LogP) is 1.96. The molecule has 16 heavy (non-hydrogen) atoms. The minimum absolute atomic E-state index is 0.0942. The maximum atomic E-state index is 9.70. The average molecular weight is 223 g/mol. The molecule has 0 aromatic carbocycles. The molecule has 1 aliphatic rings. The molecule has 2 rings (SSSR count). The topological polar surface area (TPSA) is 45.4 Å². The van der Waals surface area contributed by atoms with Crippen LogP contribution in [0.3, 0.4) is 0 Å². The highest BCUT2D eigenvalue weighted by molar-refractivity contribution is 5.00. The van der Waals surface area contributed by atoms with Crippen molar-refractivity contribution in [1.29, 1.82) is 0 Å². The van der Waals surface area contributed by atoms with Gasteiger partial charge in [-0.15, -0.1) is 0 Å². The van der Waals surface area contributed by atoms with Gasteiger partial charge in [0.05, 0.1) is 12.4 Å². The van der Waals surface area contributed by atoms with Crippen molar-refractivity contribution in [2.24, 2.45) is 5.92 Å². The number of nitrogens with one attached hydrogen (secondary N) is 1. The van der Waals surface area contributed by atoms with Crippen LogP contribution in [-0.4, -0.2) is 23.8 Å². The quantitative estimate of drug-likeness (QED) is 0.802. The normalized spacial score (nSPS) is 27.1. The third kappa shape index (κ3) is 3.09. The van der Waals surface area contributed by atoms with Gasteiger partial charge in [0.25, 0.3) is 0 Å².